The van der Waals surface area contributed by atoms with Crippen LogP contribution in [0.3, 0.4) is 0 Å². The summed E-state index contributed by atoms with van der Waals surface area (Å²) in [6.45, 7) is 2.06. The first-order valence-electron chi connectivity index (χ1n) is 5.34. The van der Waals surface area contributed by atoms with Crippen molar-refractivity contribution in [3.63, 3.8) is 0 Å². The van der Waals surface area contributed by atoms with Crippen LogP contribution in [0.2, 0.25) is 5.22 Å². The Kier molecular flexibility index (Phi) is 3.49. The highest BCUT2D eigenvalue weighted by atomic mass is 35.5. The van der Waals surface area contributed by atoms with Gasteiger partial charge in [-0.3, -0.25) is 4.79 Å². The van der Waals surface area contributed by atoms with Gasteiger partial charge in [0, 0.05) is 5.69 Å². The first-order valence-corrected chi connectivity index (χ1v) is 5.71. The SMILES string of the molecule is CCc1cccc(NC(=O)c2ccoc2Cl)c1. The van der Waals surface area contributed by atoms with Crippen molar-refractivity contribution in [2.75, 3.05) is 5.32 Å². The molecule has 88 valence electrons. The zero-order chi connectivity index (χ0) is 12.3. The quantitative estimate of drug-likeness (QED) is 0.900. The van der Waals surface area contributed by atoms with E-state index in [0.29, 0.717) is 5.56 Å². The summed E-state index contributed by atoms with van der Waals surface area (Å²) in [4.78, 5) is 11.8. The summed E-state index contributed by atoms with van der Waals surface area (Å²) >= 11 is 5.73. The number of halogens is 1. The Bertz CT molecular complexity index is 534. The van der Waals surface area contributed by atoms with Gasteiger partial charge in [0.05, 0.1) is 11.8 Å². The number of rotatable bonds is 3. The van der Waals surface area contributed by atoms with Gasteiger partial charge in [0.25, 0.3) is 5.91 Å². The molecule has 0 saturated carbocycles. The predicted octanol–water partition coefficient (Wildman–Crippen LogP) is 3.75. The Hall–Kier alpha value is -1.74. The second kappa shape index (κ2) is 5.06. The summed E-state index contributed by atoms with van der Waals surface area (Å²) in [6, 6.07) is 9.24. The molecule has 1 aromatic heterocycles. The monoisotopic (exact) mass is 249 g/mol. The van der Waals surface area contributed by atoms with Crippen molar-refractivity contribution in [2.24, 2.45) is 0 Å². The third-order valence-electron chi connectivity index (χ3n) is 2.46. The van der Waals surface area contributed by atoms with Gasteiger partial charge in [-0.2, -0.15) is 0 Å². The number of amides is 1. The minimum Gasteiger partial charge on any atom is -0.452 e. The predicted molar refractivity (Wildman–Crippen MR) is 67.5 cm³/mol. The van der Waals surface area contributed by atoms with Crippen LogP contribution in [-0.2, 0) is 6.42 Å². The molecule has 0 bridgehead atoms. The van der Waals surface area contributed by atoms with Crippen LogP contribution in [0.1, 0.15) is 22.8 Å². The Morgan fingerprint density at radius 2 is 2.24 bits per heavy atom. The second-order valence-corrected chi connectivity index (χ2v) is 3.96. The summed E-state index contributed by atoms with van der Waals surface area (Å²) in [7, 11) is 0. The lowest BCUT2D eigenvalue weighted by Gasteiger charge is -2.05. The molecule has 0 unspecified atom stereocenters. The lowest BCUT2D eigenvalue weighted by atomic mass is 10.1. The molecule has 1 aromatic carbocycles. The van der Waals surface area contributed by atoms with Crippen LogP contribution in [0.5, 0.6) is 0 Å². The number of anilines is 1. The number of hydrogen-bond donors (Lipinski definition) is 1. The van der Waals surface area contributed by atoms with E-state index >= 15 is 0 Å². The summed E-state index contributed by atoms with van der Waals surface area (Å²) < 4.78 is 4.87. The van der Waals surface area contributed by atoms with Gasteiger partial charge in [0.15, 0.2) is 0 Å². The molecule has 0 saturated heterocycles. The van der Waals surface area contributed by atoms with Crippen molar-refractivity contribution in [3.8, 4) is 0 Å². The Morgan fingerprint density at radius 1 is 1.41 bits per heavy atom. The van der Waals surface area contributed by atoms with Crippen LogP contribution in [-0.4, -0.2) is 5.91 Å². The van der Waals surface area contributed by atoms with Crippen molar-refractivity contribution in [1.29, 1.82) is 0 Å². The minimum atomic E-state index is -0.267. The molecule has 1 amide bonds. The van der Waals surface area contributed by atoms with Crippen molar-refractivity contribution in [1.82, 2.24) is 0 Å². The van der Waals surface area contributed by atoms with Gasteiger partial charge in [-0.05, 0) is 41.8 Å². The van der Waals surface area contributed by atoms with E-state index in [1.807, 2.05) is 24.3 Å². The van der Waals surface area contributed by atoms with Crippen molar-refractivity contribution in [2.45, 2.75) is 13.3 Å². The molecule has 0 aliphatic carbocycles. The van der Waals surface area contributed by atoms with E-state index in [1.165, 1.54) is 11.8 Å². The van der Waals surface area contributed by atoms with Crippen molar-refractivity contribution >= 4 is 23.2 Å². The zero-order valence-electron chi connectivity index (χ0n) is 9.37. The first kappa shape index (κ1) is 11.7. The van der Waals surface area contributed by atoms with E-state index in [9.17, 15) is 4.79 Å². The molecule has 17 heavy (non-hydrogen) atoms. The summed E-state index contributed by atoms with van der Waals surface area (Å²) in [5, 5.41) is 2.88. The highest BCUT2D eigenvalue weighted by Gasteiger charge is 2.12. The largest absolute Gasteiger partial charge is 0.452 e. The molecule has 0 radical (unpaired) electrons. The van der Waals surface area contributed by atoms with E-state index in [0.717, 1.165) is 12.1 Å². The molecular weight excluding hydrogens is 238 g/mol. The normalized spacial score (nSPS) is 10.2. The maximum Gasteiger partial charge on any atom is 0.260 e. The fourth-order valence-electron chi connectivity index (χ4n) is 1.52. The van der Waals surface area contributed by atoms with Gasteiger partial charge in [-0.25, -0.2) is 0 Å². The molecule has 0 aliphatic heterocycles. The van der Waals surface area contributed by atoms with E-state index in [1.54, 1.807) is 6.07 Å². The summed E-state index contributed by atoms with van der Waals surface area (Å²) in [5.41, 5.74) is 2.27. The summed E-state index contributed by atoms with van der Waals surface area (Å²) in [6.07, 6.45) is 2.32. The first-order chi connectivity index (χ1) is 8.20. The van der Waals surface area contributed by atoms with Crippen LogP contribution >= 0.6 is 11.6 Å². The Morgan fingerprint density at radius 3 is 2.88 bits per heavy atom. The molecule has 1 N–H and O–H groups in total. The van der Waals surface area contributed by atoms with Crippen molar-refractivity contribution in [3.05, 3.63) is 52.9 Å². The molecule has 1 heterocycles. The fourth-order valence-corrected chi connectivity index (χ4v) is 1.72. The molecule has 0 atom stereocenters. The molecule has 4 heteroatoms. The highest BCUT2D eigenvalue weighted by Crippen LogP contribution is 2.19. The lowest BCUT2D eigenvalue weighted by Crippen LogP contribution is -2.11. The second-order valence-electron chi connectivity index (χ2n) is 3.62. The van der Waals surface area contributed by atoms with E-state index in [2.05, 4.69) is 12.2 Å². The molecule has 0 aliphatic rings. The van der Waals surface area contributed by atoms with Crippen molar-refractivity contribution < 1.29 is 9.21 Å². The third-order valence-corrected chi connectivity index (χ3v) is 2.75. The molecule has 3 nitrogen and oxygen atoms in total. The van der Waals surface area contributed by atoms with Gasteiger partial charge >= 0.3 is 0 Å². The minimum absolute atomic E-state index is 0.106. The van der Waals surface area contributed by atoms with Gasteiger partial charge in [0.2, 0.25) is 5.22 Å². The van der Waals surface area contributed by atoms with E-state index in [-0.39, 0.29) is 11.1 Å². The highest BCUT2D eigenvalue weighted by molar-refractivity contribution is 6.32. The van der Waals surface area contributed by atoms with Crippen LogP contribution < -0.4 is 5.32 Å². The Balaban J connectivity index is 2.16. The number of benzene rings is 1. The molecular formula is C13H12ClNO2. The molecule has 2 aromatic rings. The maximum atomic E-state index is 11.8. The third kappa shape index (κ3) is 2.68. The zero-order valence-corrected chi connectivity index (χ0v) is 10.1. The number of carbonyl (C=O) groups is 1. The van der Waals surface area contributed by atoms with Gasteiger partial charge in [-0.1, -0.05) is 19.1 Å². The van der Waals surface area contributed by atoms with Gasteiger partial charge in [0.1, 0.15) is 0 Å². The van der Waals surface area contributed by atoms with Gasteiger partial charge in [-0.15, -0.1) is 0 Å². The lowest BCUT2D eigenvalue weighted by molar-refractivity contribution is 0.102. The van der Waals surface area contributed by atoms with E-state index in [4.69, 9.17) is 16.0 Å². The average Bonchev–Trinajstić information content (AvgIpc) is 2.76. The summed E-state index contributed by atoms with van der Waals surface area (Å²) in [5.74, 6) is -0.267. The maximum absolute atomic E-state index is 11.8. The Labute approximate surface area is 104 Å². The molecule has 0 spiro atoms. The topological polar surface area (TPSA) is 42.2 Å². The van der Waals surface area contributed by atoms with Crippen LogP contribution in [0.15, 0.2) is 41.0 Å². The smallest absolute Gasteiger partial charge is 0.260 e. The number of carbonyl (C=O) groups excluding carboxylic acids is 1. The number of hydrogen-bond acceptors (Lipinski definition) is 2. The fraction of sp³-hybridized carbons (Fsp3) is 0.154. The van der Waals surface area contributed by atoms with Crippen LogP contribution in [0.4, 0.5) is 5.69 Å². The number of furan rings is 1. The number of nitrogens with one attached hydrogen (secondary N) is 1. The number of aryl methyl sites for hydroxylation is 1. The van der Waals surface area contributed by atoms with Crippen LogP contribution in [0.25, 0.3) is 0 Å². The van der Waals surface area contributed by atoms with Gasteiger partial charge < -0.3 is 9.73 Å². The molecule has 2 rings (SSSR count). The average molecular weight is 250 g/mol. The van der Waals surface area contributed by atoms with Crippen LogP contribution in [0, 0.1) is 0 Å². The molecule has 0 fully saturated rings. The standard InChI is InChI=1S/C13H12ClNO2/c1-2-9-4-3-5-10(8-9)15-13(16)11-6-7-17-12(11)14/h3-8H,2H2,1H3,(H,15,16). The van der Waals surface area contributed by atoms with E-state index < -0.39 is 0 Å².